The fourth-order valence-electron chi connectivity index (χ4n) is 1.93. The van der Waals surface area contributed by atoms with Crippen LogP contribution in [0.1, 0.15) is 68.2 Å². The van der Waals surface area contributed by atoms with E-state index in [2.05, 4.69) is 66.0 Å². The summed E-state index contributed by atoms with van der Waals surface area (Å²) in [5.74, 6) is 2.89. The highest BCUT2D eigenvalue weighted by molar-refractivity contribution is 4.79. The first-order valence-electron chi connectivity index (χ1n) is 9.37. The normalized spacial score (nSPS) is 20.3. The molecule has 22 heavy (non-hydrogen) atoms. The zero-order valence-corrected chi connectivity index (χ0v) is 16.4. The Kier molecular flexibility index (Phi) is 11.4. The van der Waals surface area contributed by atoms with Crippen LogP contribution >= 0.6 is 0 Å². The molecule has 0 aromatic rings. The molecule has 0 heterocycles. The van der Waals surface area contributed by atoms with Crippen LogP contribution < -0.4 is 16.4 Å². The molecular formula is C19H43N3. The van der Waals surface area contributed by atoms with Crippen molar-refractivity contribution < 1.29 is 0 Å². The van der Waals surface area contributed by atoms with E-state index in [1.807, 2.05) is 0 Å². The Morgan fingerprint density at radius 2 is 1.23 bits per heavy atom. The van der Waals surface area contributed by atoms with Gasteiger partial charge in [-0.15, -0.1) is 0 Å². The van der Waals surface area contributed by atoms with Gasteiger partial charge in [-0.05, 0) is 63.5 Å². The molecule has 1 fully saturated rings. The van der Waals surface area contributed by atoms with Gasteiger partial charge in [-0.2, -0.15) is 0 Å². The lowest BCUT2D eigenvalue weighted by atomic mass is 9.93. The molecule has 0 spiro atoms. The van der Waals surface area contributed by atoms with Crippen molar-refractivity contribution in [3.63, 3.8) is 0 Å². The zero-order chi connectivity index (χ0) is 17.3. The van der Waals surface area contributed by atoms with Gasteiger partial charge in [0.1, 0.15) is 0 Å². The molecule has 0 aliphatic heterocycles. The summed E-state index contributed by atoms with van der Waals surface area (Å²) in [6.45, 7) is 20.6. The van der Waals surface area contributed by atoms with E-state index in [4.69, 9.17) is 5.73 Å². The third kappa shape index (κ3) is 11.4. The molecule has 4 N–H and O–H groups in total. The van der Waals surface area contributed by atoms with Gasteiger partial charge in [-0.25, -0.2) is 0 Å². The Labute approximate surface area is 140 Å². The highest BCUT2D eigenvalue weighted by atomic mass is 15.0. The zero-order valence-electron chi connectivity index (χ0n) is 16.4. The summed E-state index contributed by atoms with van der Waals surface area (Å²) in [5.41, 5.74) is 5.22. The van der Waals surface area contributed by atoms with Gasteiger partial charge in [0, 0.05) is 18.1 Å². The van der Waals surface area contributed by atoms with Gasteiger partial charge in [-0.1, -0.05) is 41.5 Å². The van der Waals surface area contributed by atoms with E-state index >= 15 is 0 Å². The highest BCUT2D eigenvalue weighted by Gasteiger charge is 2.19. The molecule has 0 bridgehead atoms. The topological polar surface area (TPSA) is 50.1 Å². The average molecular weight is 314 g/mol. The predicted molar refractivity (Wildman–Crippen MR) is 100 cm³/mol. The number of rotatable bonds is 9. The van der Waals surface area contributed by atoms with Crippen LogP contribution in [-0.2, 0) is 0 Å². The van der Waals surface area contributed by atoms with Crippen LogP contribution in [0.15, 0.2) is 0 Å². The molecule has 0 aromatic carbocycles. The summed E-state index contributed by atoms with van der Waals surface area (Å²) in [7, 11) is 0. The maximum absolute atomic E-state index is 5.22. The summed E-state index contributed by atoms with van der Waals surface area (Å²) in [6, 6.07) is 1.73. The van der Waals surface area contributed by atoms with Crippen LogP contribution in [0, 0.1) is 23.7 Å². The van der Waals surface area contributed by atoms with Crippen molar-refractivity contribution in [2.45, 2.75) is 86.4 Å². The van der Waals surface area contributed by atoms with E-state index < -0.39 is 0 Å². The summed E-state index contributed by atoms with van der Waals surface area (Å²) in [6.07, 6.45) is 2.53. The van der Waals surface area contributed by atoms with E-state index in [1.54, 1.807) is 0 Å². The molecule has 4 atom stereocenters. The molecule has 4 unspecified atom stereocenters. The fraction of sp³-hybridized carbons (Fsp3) is 1.00. The molecule has 1 rings (SSSR count). The van der Waals surface area contributed by atoms with E-state index in [0.717, 1.165) is 30.8 Å². The largest absolute Gasteiger partial charge is 0.328 e. The lowest BCUT2D eigenvalue weighted by molar-refractivity contribution is 0.284. The molecule has 134 valence electrons. The smallest absolute Gasteiger partial charge is 0.00792 e. The minimum atomic E-state index is 0.570. The maximum Gasteiger partial charge on any atom is 0.00792 e. The molecule has 0 amide bonds. The minimum Gasteiger partial charge on any atom is -0.328 e. The first-order valence-corrected chi connectivity index (χ1v) is 9.37. The van der Waals surface area contributed by atoms with Crippen molar-refractivity contribution in [1.82, 2.24) is 10.6 Å². The average Bonchev–Trinajstić information content (AvgIpc) is 3.23. The van der Waals surface area contributed by atoms with Crippen LogP contribution in [-0.4, -0.2) is 31.2 Å². The van der Waals surface area contributed by atoms with Gasteiger partial charge in [-0.3, -0.25) is 0 Å². The second kappa shape index (κ2) is 11.4. The number of nitrogens with one attached hydrogen (secondary N) is 2. The number of nitrogens with two attached hydrogens (primary N) is 1. The van der Waals surface area contributed by atoms with E-state index in [-0.39, 0.29) is 0 Å². The SMILES string of the molecule is CC(C)CNC(C)C(C)C(C)NCC(C)C(C)C.NC1CC1. The van der Waals surface area contributed by atoms with Gasteiger partial charge in [0.25, 0.3) is 0 Å². The van der Waals surface area contributed by atoms with Crippen molar-refractivity contribution in [3.8, 4) is 0 Å². The van der Waals surface area contributed by atoms with Crippen molar-refractivity contribution in [2.24, 2.45) is 29.4 Å². The third-order valence-electron chi connectivity index (χ3n) is 4.95. The molecule has 0 saturated heterocycles. The maximum atomic E-state index is 5.22. The van der Waals surface area contributed by atoms with Crippen molar-refractivity contribution in [3.05, 3.63) is 0 Å². The first kappa shape index (κ1) is 21.9. The van der Waals surface area contributed by atoms with E-state index in [9.17, 15) is 0 Å². The molecule has 1 saturated carbocycles. The Morgan fingerprint density at radius 3 is 1.55 bits per heavy atom. The summed E-state index contributed by atoms with van der Waals surface area (Å²) in [4.78, 5) is 0. The molecule has 1 aliphatic rings. The van der Waals surface area contributed by atoms with Gasteiger partial charge in [0.05, 0.1) is 0 Å². The Bertz CT molecular complexity index is 261. The monoisotopic (exact) mass is 313 g/mol. The van der Waals surface area contributed by atoms with Crippen molar-refractivity contribution in [1.29, 1.82) is 0 Å². The van der Waals surface area contributed by atoms with Gasteiger partial charge < -0.3 is 16.4 Å². The van der Waals surface area contributed by atoms with Crippen molar-refractivity contribution >= 4 is 0 Å². The Hall–Kier alpha value is -0.120. The summed E-state index contributed by atoms with van der Waals surface area (Å²) >= 11 is 0. The van der Waals surface area contributed by atoms with Crippen LogP contribution in [0.3, 0.4) is 0 Å². The molecule has 1 aliphatic carbocycles. The number of hydrogen-bond donors (Lipinski definition) is 3. The highest BCUT2D eigenvalue weighted by Crippen LogP contribution is 2.14. The standard InChI is InChI=1S/C16H36N2.C3H7N/c1-11(2)9-17-15(7)14(6)16(8)18-10-13(5)12(3)4;4-3-1-2-3/h11-18H,9-10H2,1-8H3;3H,1-2,4H2. The summed E-state index contributed by atoms with van der Waals surface area (Å²) < 4.78 is 0. The van der Waals surface area contributed by atoms with Crippen molar-refractivity contribution in [2.75, 3.05) is 13.1 Å². The van der Waals surface area contributed by atoms with Gasteiger partial charge >= 0.3 is 0 Å². The molecule has 0 radical (unpaired) electrons. The molecular weight excluding hydrogens is 270 g/mol. The molecule has 3 heteroatoms. The molecule has 3 nitrogen and oxygen atoms in total. The van der Waals surface area contributed by atoms with Gasteiger partial charge in [0.2, 0.25) is 0 Å². The lowest BCUT2D eigenvalue weighted by Gasteiger charge is -2.30. The summed E-state index contributed by atoms with van der Waals surface area (Å²) in [5, 5.41) is 7.33. The van der Waals surface area contributed by atoms with Gasteiger partial charge in [0.15, 0.2) is 0 Å². The van der Waals surface area contributed by atoms with Crippen LogP contribution in [0.2, 0.25) is 0 Å². The van der Waals surface area contributed by atoms with E-state index in [0.29, 0.717) is 24.0 Å². The second-order valence-corrected chi connectivity index (χ2v) is 8.21. The van der Waals surface area contributed by atoms with Crippen LogP contribution in [0.4, 0.5) is 0 Å². The third-order valence-corrected chi connectivity index (χ3v) is 4.95. The molecule has 0 aromatic heterocycles. The first-order chi connectivity index (χ1) is 10.1. The Morgan fingerprint density at radius 1 is 0.818 bits per heavy atom. The van der Waals surface area contributed by atoms with Crippen LogP contribution in [0.25, 0.3) is 0 Å². The number of hydrogen-bond acceptors (Lipinski definition) is 3. The van der Waals surface area contributed by atoms with E-state index in [1.165, 1.54) is 12.8 Å². The lowest BCUT2D eigenvalue weighted by Crippen LogP contribution is -2.45. The predicted octanol–water partition coefficient (Wildman–Crippen LogP) is 3.63. The second-order valence-electron chi connectivity index (χ2n) is 8.21. The quantitative estimate of drug-likeness (QED) is 0.609. The fourth-order valence-corrected chi connectivity index (χ4v) is 1.93. The minimum absolute atomic E-state index is 0.570. The van der Waals surface area contributed by atoms with Crippen LogP contribution in [0.5, 0.6) is 0 Å². The Balaban J connectivity index is 0.000000939.